The van der Waals surface area contributed by atoms with Crippen LogP contribution in [0, 0.1) is 13.8 Å². The van der Waals surface area contributed by atoms with Gasteiger partial charge in [-0.3, -0.25) is 19.2 Å². The molecule has 2 N–H and O–H groups in total. The fraction of sp³-hybridized carbons (Fsp3) is 0.615. The van der Waals surface area contributed by atoms with Gasteiger partial charge in [-0.15, -0.1) is 0 Å². The monoisotopic (exact) mass is 280 g/mol. The highest BCUT2D eigenvalue weighted by molar-refractivity contribution is 5.86. The number of rotatable bonds is 4. The molecule has 1 atom stereocenters. The van der Waals surface area contributed by atoms with E-state index in [1.165, 1.54) is 0 Å². The third-order valence-corrected chi connectivity index (χ3v) is 3.83. The van der Waals surface area contributed by atoms with Crippen LogP contribution in [0.3, 0.4) is 0 Å². The van der Waals surface area contributed by atoms with Crippen molar-refractivity contribution >= 4 is 11.9 Å². The van der Waals surface area contributed by atoms with Crippen molar-refractivity contribution in [3.63, 3.8) is 0 Å². The molecule has 0 radical (unpaired) electrons. The van der Waals surface area contributed by atoms with Crippen molar-refractivity contribution in [2.45, 2.75) is 32.9 Å². The van der Waals surface area contributed by atoms with Crippen molar-refractivity contribution < 1.29 is 14.7 Å². The average Bonchev–Trinajstić information content (AvgIpc) is 2.60. The van der Waals surface area contributed by atoms with E-state index in [2.05, 4.69) is 10.4 Å². The Morgan fingerprint density at radius 3 is 2.75 bits per heavy atom. The summed E-state index contributed by atoms with van der Waals surface area (Å²) in [7, 11) is 1.88. The Morgan fingerprint density at radius 1 is 1.50 bits per heavy atom. The van der Waals surface area contributed by atoms with Gasteiger partial charge in [0.05, 0.1) is 12.1 Å². The van der Waals surface area contributed by atoms with Gasteiger partial charge in [0.2, 0.25) is 5.91 Å². The Labute approximate surface area is 117 Å². The molecule has 0 aliphatic carbocycles. The van der Waals surface area contributed by atoms with Gasteiger partial charge in [-0.2, -0.15) is 5.10 Å². The third-order valence-electron chi connectivity index (χ3n) is 3.83. The van der Waals surface area contributed by atoms with E-state index in [0.717, 1.165) is 17.0 Å². The number of aryl methyl sites for hydroxylation is 2. The van der Waals surface area contributed by atoms with Crippen LogP contribution in [0.15, 0.2) is 0 Å². The molecule has 0 aromatic carbocycles. The largest absolute Gasteiger partial charge is 0.481 e. The third kappa shape index (κ3) is 2.82. The topological polar surface area (TPSA) is 87.5 Å². The molecule has 1 aromatic rings. The summed E-state index contributed by atoms with van der Waals surface area (Å²) in [5, 5.41) is 16.0. The van der Waals surface area contributed by atoms with E-state index in [1.807, 2.05) is 25.8 Å². The maximum atomic E-state index is 11.9. The summed E-state index contributed by atoms with van der Waals surface area (Å²) in [4.78, 5) is 24.7. The number of carboxylic acid groups (broad SMARTS) is 1. The number of carboxylic acids is 1. The first-order valence-electron chi connectivity index (χ1n) is 6.62. The van der Waals surface area contributed by atoms with Crippen LogP contribution < -0.4 is 5.32 Å². The van der Waals surface area contributed by atoms with E-state index in [4.69, 9.17) is 5.11 Å². The highest BCUT2D eigenvalue weighted by atomic mass is 16.4. The van der Waals surface area contributed by atoms with E-state index < -0.39 is 12.0 Å². The van der Waals surface area contributed by atoms with Crippen molar-refractivity contribution in [2.24, 2.45) is 7.05 Å². The quantitative estimate of drug-likeness (QED) is 0.798. The molecule has 1 saturated heterocycles. The van der Waals surface area contributed by atoms with E-state index in [9.17, 15) is 9.59 Å². The number of piperazine rings is 1. The lowest BCUT2D eigenvalue weighted by atomic mass is 10.1. The number of nitrogens with zero attached hydrogens (tertiary/aromatic N) is 3. The lowest BCUT2D eigenvalue weighted by Crippen LogP contribution is -2.55. The molecule has 1 aliphatic rings. The molecule has 0 saturated carbocycles. The summed E-state index contributed by atoms with van der Waals surface area (Å²) < 4.78 is 1.81. The maximum absolute atomic E-state index is 11.9. The average molecular weight is 280 g/mol. The summed E-state index contributed by atoms with van der Waals surface area (Å²) in [6.45, 7) is 5.66. The van der Waals surface area contributed by atoms with Gasteiger partial charge in [0.15, 0.2) is 0 Å². The van der Waals surface area contributed by atoms with Crippen LogP contribution in [-0.2, 0) is 23.2 Å². The molecule has 20 heavy (non-hydrogen) atoms. The summed E-state index contributed by atoms with van der Waals surface area (Å²) in [6.07, 6.45) is -0.176. The Hall–Kier alpha value is -1.89. The van der Waals surface area contributed by atoms with Crippen LogP contribution in [0.4, 0.5) is 0 Å². The zero-order valence-electron chi connectivity index (χ0n) is 12.0. The molecule has 1 unspecified atom stereocenters. The van der Waals surface area contributed by atoms with Crippen molar-refractivity contribution in [1.82, 2.24) is 20.0 Å². The number of carbonyl (C=O) groups is 2. The Balaban J connectivity index is 2.20. The highest BCUT2D eigenvalue weighted by Gasteiger charge is 2.32. The van der Waals surface area contributed by atoms with Crippen molar-refractivity contribution in [3.8, 4) is 0 Å². The Kier molecular flexibility index (Phi) is 4.08. The number of aliphatic carboxylic acids is 1. The van der Waals surface area contributed by atoms with Crippen LogP contribution in [0.2, 0.25) is 0 Å². The number of hydrogen-bond donors (Lipinski definition) is 2. The normalized spacial score (nSPS) is 19.9. The van der Waals surface area contributed by atoms with Gasteiger partial charge in [-0.25, -0.2) is 0 Å². The van der Waals surface area contributed by atoms with Crippen molar-refractivity contribution in [1.29, 1.82) is 0 Å². The Bertz CT molecular complexity index is 538. The molecular formula is C13H20N4O3. The second kappa shape index (κ2) is 5.62. The lowest BCUT2D eigenvalue weighted by molar-refractivity contribution is -0.143. The molecule has 1 amide bonds. The molecule has 1 aliphatic heterocycles. The second-order valence-electron chi connectivity index (χ2n) is 5.15. The fourth-order valence-corrected chi connectivity index (χ4v) is 2.59. The Morgan fingerprint density at radius 2 is 2.20 bits per heavy atom. The molecule has 0 spiro atoms. The SMILES string of the molecule is Cc1nn(C)c(C)c1CN1CCNC(=O)C1CC(=O)O. The van der Waals surface area contributed by atoms with Gasteiger partial charge < -0.3 is 10.4 Å². The van der Waals surface area contributed by atoms with Crippen LogP contribution >= 0.6 is 0 Å². The van der Waals surface area contributed by atoms with Crippen LogP contribution in [0.25, 0.3) is 0 Å². The molecule has 7 heteroatoms. The lowest BCUT2D eigenvalue weighted by Gasteiger charge is -2.34. The van der Waals surface area contributed by atoms with Gasteiger partial charge in [0, 0.05) is 37.9 Å². The minimum atomic E-state index is -0.961. The number of nitrogens with one attached hydrogen (secondary N) is 1. The first-order chi connectivity index (χ1) is 9.40. The fourth-order valence-electron chi connectivity index (χ4n) is 2.59. The van der Waals surface area contributed by atoms with Gasteiger partial charge >= 0.3 is 5.97 Å². The minimum Gasteiger partial charge on any atom is -0.481 e. The zero-order valence-corrected chi connectivity index (χ0v) is 12.0. The molecule has 2 rings (SSSR count). The second-order valence-corrected chi connectivity index (χ2v) is 5.15. The molecule has 110 valence electrons. The molecule has 2 heterocycles. The molecule has 1 aromatic heterocycles. The first-order valence-corrected chi connectivity index (χ1v) is 6.62. The predicted molar refractivity (Wildman–Crippen MR) is 72.1 cm³/mol. The number of amides is 1. The summed E-state index contributed by atoms with van der Waals surface area (Å²) >= 11 is 0. The molecule has 1 fully saturated rings. The minimum absolute atomic E-state index is 0.176. The maximum Gasteiger partial charge on any atom is 0.305 e. The van der Waals surface area contributed by atoms with E-state index in [1.54, 1.807) is 4.68 Å². The summed E-state index contributed by atoms with van der Waals surface area (Å²) in [5.41, 5.74) is 3.03. The smallest absolute Gasteiger partial charge is 0.305 e. The van der Waals surface area contributed by atoms with Gasteiger partial charge in [-0.05, 0) is 13.8 Å². The summed E-state index contributed by atoms with van der Waals surface area (Å²) in [5.74, 6) is -1.17. The van der Waals surface area contributed by atoms with Crippen molar-refractivity contribution in [2.75, 3.05) is 13.1 Å². The van der Waals surface area contributed by atoms with Crippen molar-refractivity contribution in [3.05, 3.63) is 17.0 Å². The van der Waals surface area contributed by atoms with E-state index in [-0.39, 0.29) is 12.3 Å². The summed E-state index contributed by atoms with van der Waals surface area (Å²) in [6, 6.07) is -0.611. The molecular weight excluding hydrogens is 260 g/mol. The standard InChI is InChI=1S/C13H20N4O3/c1-8-10(9(2)16(3)15-8)7-17-5-4-14-13(20)11(17)6-12(18)19/h11H,4-7H2,1-3H3,(H,14,20)(H,18,19). The predicted octanol–water partition coefficient (Wildman–Crippen LogP) is -0.188. The number of carbonyl (C=O) groups excluding carboxylic acids is 1. The highest BCUT2D eigenvalue weighted by Crippen LogP contribution is 2.18. The van der Waals surface area contributed by atoms with Gasteiger partial charge in [-0.1, -0.05) is 0 Å². The first kappa shape index (κ1) is 14.5. The zero-order chi connectivity index (χ0) is 14.9. The number of aromatic nitrogens is 2. The van der Waals surface area contributed by atoms with Gasteiger partial charge in [0.1, 0.15) is 6.04 Å². The van der Waals surface area contributed by atoms with Crippen LogP contribution in [0.1, 0.15) is 23.4 Å². The molecule has 7 nitrogen and oxygen atoms in total. The van der Waals surface area contributed by atoms with Crippen LogP contribution in [-0.4, -0.2) is 50.8 Å². The number of hydrogen-bond acceptors (Lipinski definition) is 4. The van der Waals surface area contributed by atoms with Gasteiger partial charge in [0.25, 0.3) is 0 Å². The van der Waals surface area contributed by atoms with E-state index >= 15 is 0 Å². The van der Waals surface area contributed by atoms with Crippen LogP contribution in [0.5, 0.6) is 0 Å². The molecule has 0 bridgehead atoms. The van der Waals surface area contributed by atoms with E-state index in [0.29, 0.717) is 19.6 Å².